The Kier molecular flexibility index (Phi) is 34.5. The van der Waals surface area contributed by atoms with Crippen LogP contribution in [0.5, 0.6) is 0 Å². The van der Waals surface area contributed by atoms with Crippen molar-refractivity contribution in [2.45, 2.75) is 212 Å². The Bertz CT molecular complexity index is 850. The molecule has 0 aliphatic carbocycles. The van der Waals surface area contributed by atoms with E-state index < -0.39 is 20.0 Å². The van der Waals surface area contributed by atoms with E-state index in [1.807, 2.05) is 21.1 Å². The Labute approximate surface area is 316 Å². The predicted molar refractivity (Wildman–Crippen MR) is 215 cm³/mol. The second kappa shape index (κ2) is 35.0. The van der Waals surface area contributed by atoms with E-state index in [0.717, 1.165) is 51.4 Å². The summed E-state index contributed by atoms with van der Waals surface area (Å²) in [5.41, 5.74) is 0. The zero-order valence-corrected chi connectivity index (χ0v) is 35.2. The van der Waals surface area contributed by atoms with Crippen LogP contribution in [-0.2, 0) is 18.4 Å². The number of nitrogens with one attached hydrogen (secondary N) is 1. The summed E-state index contributed by atoms with van der Waals surface area (Å²) in [7, 11) is 1.30. The van der Waals surface area contributed by atoms with Crippen LogP contribution in [0.2, 0.25) is 0 Å². The lowest BCUT2D eigenvalue weighted by Gasteiger charge is -2.30. The lowest BCUT2D eigenvalue weighted by Crippen LogP contribution is -2.46. The molecule has 0 aromatic carbocycles. The van der Waals surface area contributed by atoms with Gasteiger partial charge in [0.15, 0.2) is 0 Å². The zero-order chi connectivity index (χ0) is 37.9. The number of allylic oxidation sites excluding steroid dienone is 2. The van der Waals surface area contributed by atoms with Crippen LogP contribution in [0.4, 0.5) is 0 Å². The molecule has 51 heavy (non-hydrogen) atoms. The summed E-state index contributed by atoms with van der Waals surface area (Å²) in [5.74, 6) is -0.173. The molecule has 0 aliphatic heterocycles. The third-order valence-electron chi connectivity index (χ3n) is 9.75. The molecule has 0 fully saturated rings. The molecule has 0 aliphatic rings. The minimum Gasteiger partial charge on any atom is -0.756 e. The van der Waals surface area contributed by atoms with Gasteiger partial charge in [-0.05, 0) is 38.5 Å². The van der Waals surface area contributed by atoms with Gasteiger partial charge in [-0.2, -0.15) is 0 Å². The SMILES string of the molecule is CCCCCCC/C=C/CCCCCCCC(=O)N[C@@H](COP(=O)([O-])OCC[N+](C)(C)C)[C@H](O)CCCCCCCCCCCCCCCCC. The predicted octanol–water partition coefficient (Wildman–Crippen LogP) is 10.9. The lowest BCUT2D eigenvalue weighted by atomic mass is 10.0. The van der Waals surface area contributed by atoms with Gasteiger partial charge in [-0.25, -0.2) is 0 Å². The molecule has 0 saturated heterocycles. The van der Waals surface area contributed by atoms with Crippen LogP contribution in [0, 0.1) is 0 Å². The van der Waals surface area contributed by atoms with Gasteiger partial charge in [0.2, 0.25) is 5.91 Å². The van der Waals surface area contributed by atoms with E-state index in [1.165, 1.54) is 122 Å². The summed E-state index contributed by atoms with van der Waals surface area (Å²) >= 11 is 0. The van der Waals surface area contributed by atoms with E-state index in [1.54, 1.807) is 0 Å². The van der Waals surface area contributed by atoms with E-state index in [0.29, 0.717) is 23.9 Å². The summed E-state index contributed by atoms with van der Waals surface area (Å²) < 4.78 is 23.2. The first-order valence-corrected chi connectivity index (χ1v) is 23.0. The molecule has 0 saturated carbocycles. The summed E-state index contributed by atoms with van der Waals surface area (Å²) in [5, 5.41) is 13.9. The van der Waals surface area contributed by atoms with Crippen molar-refractivity contribution in [3.63, 3.8) is 0 Å². The fourth-order valence-corrected chi connectivity index (χ4v) is 6.99. The maximum atomic E-state index is 12.8. The summed E-state index contributed by atoms with van der Waals surface area (Å²) in [6.45, 7) is 4.70. The normalized spacial score (nSPS) is 14.6. The van der Waals surface area contributed by atoms with Crippen LogP contribution >= 0.6 is 7.82 Å². The Hall–Kier alpha value is -0.760. The highest BCUT2D eigenvalue weighted by molar-refractivity contribution is 7.45. The molecule has 0 aromatic rings. The number of phosphoric ester groups is 1. The molecular weight excluding hydrogens is 659 g/mol. The molecule has 0 rings (SSSR count). The van der Waals surface area contributed by atoms with E-state index in [2.05, 4.69) is 31.3 Å². The van der Waals surface area contributed by atoms with E-state index in [-0.39, 0.29) is 19.1 Å². The van der Waals surface area contributed by atoms with Crippen molar-refractivity contribution in [1.29, 1.82) is 0 Å². The summed E-state index contributed by atoms with van der Waals surface area (Å²) in [6.07, 6.45) is 37.7. The number of rotatable bonds is 39. The van der Waals surface area contributed by atoms with Gasteiger partial charge in [-0.15, -0.1) is 0 Å². The summed E-state index contributed by atoms with van der Waals surface area (Å²) in [6, 6.07) is -0.799. The fraction of sp³-hybridized carbons (Fsp3) is 0.929. The van der Waals surface area contributed by atoms with Crippen molar-refractivity contribution in [3.8, 4) is 0 Å². The Morgan fingerprint density at radius 1 is 0.667 bits per heavy atom. The third kappa shape index (κ3) is 37.4. The highest BCUT2D eigenvalue weighted by atomic mass is 31.2. The molecule has 2 N–H and O–H groups in total. The first-order chi connectivity index (χ1) is 24.5. The van der Waals surface area contributed by atoms with Crippen molar-refractivity contribution in [3.05, 3.63) is 12.2 Å². The minimum atomic E-state index is -4.56. The van der Waals surface area contributed by atoms with Gasteiger partial charge in [0.05, 0.1) is 39.9 Å². The average molecular weight is 745 g/mol. The molecule has 0 spiro atoms. The van der Waals surface area contributed by atoms with Crippen LogP contribution < -0.4 is 10.2 Å². The minimum absolute atomic E-state index is 0.0123. The van der Waals surface area contributed by atoms with Crippen molar-refractivity contribution in [2.24, 2.45) is 0 Å². The number of phosphoric acid groups is 1. The molecule has 8 nitrogen and oxygen atoms in total. The Morgan fingerprint density at radius 3 is 1.53 bits per heavy atom. The number of carbonyl (C=O) groups excluding carboxylic acids is 1. The highest BCUT2D eigenvalue weighted by Gasteiger charge is 2.24. The topological polar surface area (TPSA) is 108 Å². The zero-order valence-electron chi connectivity index (χ0n) is 34.3. The maximum absolute atomic E-state index is 12.8. The molecule has 1 amide bonds. The van der Waals surface area contributed by atoms with Crippen LogP contribution in [0.1, 0.15) is 200 Å². The maximum Gasteiger partial charge on any atom is 0.268 e. The van der Waals surface area contributed by atoms with Gasteiger partial charge >= 0.3 is 0 Å². The average Bonchev–Trinajstić information content (AvgIpc) is 3.07. The third-order valence-corrected chi connectivity index (χ3v) is 10.7. The number of aliphatic hydroxyl groups is 1. The number of unbranched alkanes of at least 4 members (excludes halogenated alkanes) is 24. The largest absolute Gasteiger partial charge is 0.756 e. The molecular formula is C42H85N2O6P. The van der Waals surface area contributed by atoms with Crippen molar-refractivity contribution < 1.29 is 32.9 Å². The number of aliphatic hydroxyl groups excluding tert-OH is 1. The molecule has 1 unspecified atom stereocenters. The number of likely N-dealkylation sites (N-methyl/N-ethyl adjacent to an activating group) is 1. The van der Waals surface area contributed by atoms with Gasteiger partial charge < -0.3 is 28.8 Å². The molecule has 9 heteroatoms. The number of hydrogen-bond acceptors (Lipinski definition) is 6. The monoisotopic (exact) mass is 745 g/mol. The Morgan fingerprint density at radius 2 is 1.08 bits per heavy atom. The highest BCUT2D eigenvalue weighted by Crippen LogP contribution is 2.38. The summed E-state index contributed by atoms with van der Waals surface area (Å²) in [4.78, 5) is 25.3. The van der Waals surface area contributed by atoms with Gasteiger partial charge in [-0.1, -0.05) is 167 Å². The van der Waals surface area contributed by atoms with Gasteiger partial charge in [0.1, 0.15) is 13.2 Å². The number of hydrogen-bond donors (Lipinski definition) is 2. The lowest BCUT2D eigenvalue weighted by molar-refractivity contribution is -0.870. The van der Waals surface area contributed by atoms with Crippen LogP contribution in [0.25, 0.3) is 0 Å². The second-order valence-corrected chi connectivity index (χ2v) is 17.5. The van der Waals surface area contributed by atoms with Crippen LogP contribution in [0.15, 0.2) is 12.2 Å². The van der Waals surface area contributed by atoms with Crippen molar-refractivity contribution in [1.82, 2.24) is 5.32 Å². The fourth-order valence-electron chi connectivity index (χ4n) is 6.27. The van der Waals surface area contributed by atoms with Gasteiger partial charge in [0, 0.05) is 6.42 Å². The molecule has 0 bridgehead atoms. The van der Waals surface area contributed by atoms with Gasteiger partial charge in [-0.3, -0.25) is 9.36 Å². The molecule has 0 aromatic heterocycles. The van der Waals surface area contributed by atoms with E-state index >= 15 is 0 Å². The van der Waals surface area contributed by atoms with E-state index in [4.69, 9.17) is 9.05 Å². The standard InChI is InChI=1S/C42H85N2O6P/c1-6-8-10-12-14-16-18-20-22-23-25-27-29-31-33-35-41(45)40(39-50-51(47,48)49-38-37-44(3,4)5)43-42(46)36-34-32-30-28-26-24-21-19-17-15-13-11-9-7-2/h19,21,40-41,45H,6-18,20,22-39H2,1-5H3,(H-,43,46,47,48)/b21-19+/t40-,41+/m0/s1. The number of quaternary nitrogens is 1. The molecule has 0 radical (unpaired) electrons. The number of nitrogens with zero attached hydrogens (tertiary/aromatic N) is 1. The van der Waals surface area contributed by atoms with Crippen LogP contribution in [0.3, 0.4) is 0 Å². The number of amides is 1. The second-order valence-electron chi connectivity index (χ2n) is 16.1. The van der Waals surface area contributed by atoms with Crippen molar-refractivity contribution >= 4 is 13.7 Å². The first kappa shape index (κ1) is 50.2. The van der Waals surface area contributed by atoms with Gasteiger partial charge in [0.25, 0.3) is 7.82 Å². The quantitative estimate of drug-likeness (QED) is 0.0281. The number of carbonyl (C=O) groups is 1. The molecule has 0 heterocycles. The smallest absolute Gasteiger partial charge is 0.268 e. The van der Waals surface area contributed by atoms with Crippen molar-refractivity contribution in [2.75, 3.05) is 40.9 Å². The van der Waals surface area contributed by atoms with E-state index in [9.17, 15) is 19.4 Å². The molecule has 3 atom stereocenters. The molecule has 304 valence electrons. The van der Waals surface area contributed by atoms with Crippen LogP contribution in [-0.4, -0.2) is 68.5 Å². The Balaban J connectivity index is 4.40. The first-order valence-electron chi connectivity index (χ1n) is 21.5.